The highest BCUT2D eigenvalue weighted by molar-refractivity contribution is 5.81. The molecule has 0 fully saturated rings. The second-order valence-electron chi connectivity index (χ2n) is 3.28. The number of ketones is 1. The molecule has 0 saturated carbocycles. The van der Waals surface area contributed by atoms with Crippen molar-refractivity contribution in [2.75, 3.05) is 0 Å². The van der Waals surface area contributed by atoms with Crippen LogP contribution in [0.1, 0.15) is 26.7 Å². The molecule has 1 aliphatic carbocycles. The van der Waals surface area contributed by atoms with Crippen LogP contribution in [-0.4, -0.2) is 5.78 Å². The normalized spacial score (nSPS) is 25.9. The minimum absolute atomic E-state index is 0.390. The Kier molecular flexibility index (Phi) is 2.25. The fourth-order valence-electron chi connectivity index (χ4n) is 1.25. The fourth-order valence-corrected chi connectivity index (χ4v) is 1.25. The molecule has 1 nitrogen and oxygen atoms in total. The van der Waals surface area contributed by atoms with Crippen molar-refractivity contribution in [1.82, 2.24) is 0 Å². The number of hydrogen-bond donors (Lipinski definition) is 0. The SMILES string of the molecule is CC(C)C1C=CCC(=O)C1. The first-order valence-electron chi connectivity index (χ1n) is 3.88. The first-order valence-corrected chi connectivity index (χ1v) is 3.88. The number of carbonyl (C=O) groups excluding carboxylic acids is 1. The second-order valence-corrected chi connectivity index (χ2v) is 3.28. The zero-order chi connectivity index (χ0) is 7.56. The molecule has 1 rings (SSSR count). The van der Waals surface area contributed by atoms with Crippen molar-refractivity contribution in [2.45, 2.75) is 26.7 Å². The maximum atomic E-state index is 10.9. The Bertz CT molecular complexity index is 156. The topological polar surface area (TPSA) is 17.1 Å². The maximum absolute atomic E-state index is 10.9. The Morgan fingerprint density at radius 1 is 1.60 bits per heavy atom. The van der Waals surface area contributed by atoms with Crippen molar-refractivity contribution in [2.24, 2.45) is 11.8 Å². The predicted octanol–water partition coefficient (Wildman–Crippen LogP) is 2.18. The summed E-state index contributed by atoms with van der Waals surface area (Å²) < 4.78 is 0. The van der Waals surface area contributed by atoms with Gasteiger partial charge in [-0.2, -0.15) is 0 Å². The van der Waals surface area contributed by atoms with Crippen LogP contribution in [0.4, 0.5) is 0 Å². The molecule has 1 unspecified atom stereocenters. The third-order valence-electron chi connectivity index (χ3n) is 2.05. The van der Waals surface area contributed by atoms with Gasteiger partial charge in [0.25, 0.3) is 0 Å². The molecule has 56 valence electrons. The number of Topliss-reactive ketones (excluding diaryl/α,β-unsaturated/α-hetero) is 1. The van der Waals surface area contributed by atoms with Crippen LogP contribution in [0.3, 0.4) is 0 Å². The molecule has 0 bridgehead atoms. The van der Waals surface area contributed by atoms with E-state index in [1.807, 2.05) is 6.08 Å². The van der Waals surface area contributed by atoms with Gasteiger partial charge in [0.15, 0.2) is 0 Å². The highest BCUT2D eigenvalue weighted by Crippen LogP contribution is 2.21. The standard InChI is InChI=1S/C9H14O/c1-7(2)8-4-3-5-9(10)6-8/h3-4,7-8H,5-6H2,1-2H3. The van der Waals surface area contributed by atoms with Crippen LogP contribution in [0.25, 0.3) is 0 Å². The van der Waals surface area contributed by atoms with E-state index in [0.717, 1.165) is 6.42 Å². The summed E-state index contributed by atoms with van der Waals surface area (Å²) in [6.45, 7) is 4.32. The van der Waals surface area contributed by atoms with Crippen molar-refractivity contribution in [3.8, 4) is 0 Å². The van der Waals surface area contributed by atoms with Gasteiger partial charge < -0.3 is 0 Å². The van der Waals surface area contributed by atoms with E-state index < -0.39 is 0 Å². The third-order valence-corrected chi connectivity index (χ3v) is 2.05. The van der Waals surface area contributed by atoms with Crippen molar-refractivity contribution in [3.63, 3.8) is 0 Å². The van der Waals surface area contributed by atoms with Crippen LogP contribution in [0, 0.1) is 11.8 Å². The highest BCUT2D eigenvalue weighted by atomic mass is 16.1. The summed E-state index contributed by atoms with van der Waals surface area (Å²) in [6, 6.07) is 0. The Morgan fingerprint density at radius 2 is 2.30 bits per heavy atom. The minimum atomic E-state index is 0.390. The minimum Gasteiger partial charge on any atom is -0.299 e. The molecule has 0 spiro atoms. The van der Waals surface area contributed by atoms with Gasteiger partial charge >= 0.3 is 0 Å². The number of rotatable bonds is 1. The number of allylic oxidation sites excluding steroid dienone is 2. The second kappa shape index (κ2) is 3.00. The molecule has 0 saturated heterocycles. The lowest BCUT2D eigenvalue weighted by atomic mass is 9.86. The lowest BCUT2D eigenvalue weighted by Gasteiger charge is -2.18. The van der Waals surface area contributed by atoms with Crippen LogP contribution < -0.4 is 0 Å². The molecule has 0 radical (unpaired) electrons. The van der Waals surface area contributed by atoms with E-state index in [0.29, 0.717) is 24.0 Å². The summed E-state index contributed by atoms with van der Waals surface area (Å²) in [4.78, 5) is 10.9. The summed E-state index contributed by atoms with van der Waals surface area (Å²) in [7, 11) is 0. The summed E-state index contributed by atoms with van der Waals surface area (Å²) >= 11 is 0. The summed E-state index contributed by atoms with van der Waals surface area (Å²) in [5, 5.41) is 0. The Hall–Kier alpha value is -0.590. The number of carbonyl (C=O) groups is 1. The third kappa shape index (κ3) is 1.69. The molecule has 0 heterocycles. The molecular weight excluding hydrogens is 124 g/mol. The fraction of sp³-hybridized carbons (Fsp3) is 0.667. The quantitative estimate of drug-likeness (QED) is 0.507. The molecule has 1 aliphatic rings. The highest BCUT2D eigenvalue weighted by Gasteiger charge is 2.16. The van der Waals surface area contributed by atoms with Crippen LogP contribution in [0.5, 0.6) is 0 Å². The first-order chi connectivity index (χ1) is 4.70. The van der Waals surface area contributed by atoms with Gasteiger partial charge in [-0.3, -0.25) is 4.79 Å². The average molecular weight is 138 g/mol. The lowest BCUT2D eigenvalue weighted by molar-refractivity contribution is -0.119. The van der Waals surface area contributed by atoms with Gasteiger partial charge in [-0.15, -0.1) is 0 Å². The zero-order valence-corrected chi connectivity index (χ0v) is 6.63. The largest absolute Gasteiger partial charge is 0.299 e. The zero-order valence-electron chi connectivity index (χ0n) is 6.63. The van der Waals surface area contributed by atoms with Crippen molar-refractivity contribution in [3.05, 3.63) is 12.2 Å². The van der Waals surface area contributed by atoms with E-state index in [4.69, 9.17) is 0 Å². The van der Waals surface area contributed by atoms with Crippen LogP contribution in [-0.2, 0) is 4.79 Å². The van der Waals surface area contributed by atoms with E-state index in [1.54, 1.807) is 0 Å². The van der Waals surface area contributed by atoms with Gasteiger partial charge in [-0.05, 0) is 11.8 Å². The Balaban J connectivity index is 2.55. The van der Waals surface area contributed by atoms with Gasteiger partial charge in [0.05, 0.1) is 0 Å². The van der Waals surface area contributed by atoms with Crippen LogP contribution in [0.15, 0.2) is 12.2 Å². The molecule has 0 aromatic carbocycles. The van der Waals surface area contributed by atoms with Crippen molar-refractivity contribution in [1.29, 1.82) is 0 Å². The van der Waals surface area contributed by atoms with Gasteiger partial charge in [0.2, 0.25) is 0 Å². The molecule has 0 aliphatic heterocycles. The maximum Gasteiger partial charge on any atom is 0.137 e. The predicted molar refractivity (Wildman–Crippen MR) is 41.7 cm³/mol. The molecule has 0 aromatic rings. The van der Waals surface area contributed by atoms with Crippen LogP contribution >= 0.6 is 0 Å². The van der Waals surface area contributed by atoms with E-state index in [1.165, 1.54) is 0 Å². The smallest absolute Gasteiger partial charge is 0.137 e. The van der Waals surface area contributed by atoms with Gasteiger partial charge in [-0.25, -0.2) is 0 Å². The monoisotopic (exact) mass is 138 g/mol. The van der Waals surface area contributed by atoms with E-state index >= 15 is 0 Å². The average Bonchev–Trinajstić information content (AvgIpc) is 1.88. The molecule has 0 N–H and O–H groups in total. The molecule has 0 aromatic heterocycles. The summed E-state index contributed by atoms with van der Waals surface area (Å²) in [5.74, 6) is 1.50. The molecule has 1 heteroatoms. The first kappa shape index (κ1) is 7.52. The molecule has 0 amide bonds. The molecule has 10 heavy (non-hydrogen) atoms. The Labute approximate surface area is 62.1 Å². The Morgan fingerprint density at radius 3 is 2.70 bits per heavy atom. The molecular formula is C9H14O. The van der Waals surface area contributed by atoms with E-state index in [9.17, 15) is 4.79 Å². The van der Waals surface area contributed by atoms with Crippen LogP contribution in [0.2, 0.25) is 0 Å². The van der Waals surface area contributed by atoms with Crippen molar-refractivity contribution < 1.29 is 4.79 Å². The van der Waals surface area contributed by atoms with Gasteiger partial charge in [0.1, 0.15) is 5.78 Å². The van der Waals surface area contributed by atoms with Crippen molar-refractivity contribution >= 4 is 5.78 Å². The van der Waals surface area contributed by atoms with Gasteiger partial charge in [0, 0.05) is 12.8 Å². The number of hydrogen-bond acceptors (Lipinski definition) is 1. The van der Waals surface area contributed by atoms with E-state index in [-0.39, 0.29) is 0 Å². The lowest BCUT2D eigenvalue weighted by Crippen LogP contribution is -2.14. The van der Waals surface area contributed by atoms with E-state index in [2.05, 4.69) is 19.9 Å². The summed E-state index contributed by atoms with van der Waals surface area (Å²) in [5.41, 5.74) is 0. The summed E-state index contributed by atoms with van der Waals surface area (Å²) in [6.07, 6.45) is 5.58. The van der Waals surface area contributed by atoms with Gasteiger partial charge in [-0.1, -0.05) is 26.0 Å². The molecule has 1 atom stereocenters.